The standard InChI is InChI=1S/C20H20BrN5O2/c1-4-23-26(2)18(12-21)17-11-16(8-9-19(17)28-3)25-20(27)24-15-7-5-6-14(10-15)13-22/h4-12H,1-3H3,(H2,24,25,27)/b18-12+,23-4-. The molecule has 0 saturated carbocycles. The molecule has 7 nitrogen and oxygen atoms in total. The van der Waals surface area contributed by atoms with E-state index in [2.05, 4.69) is 31.7 Å². The Morgan fingerprint density at radius 2 is 1.96 bits per heavy atom. The summed E-state index contributed by atoms with van der Waals surface area (Å²) >= 11 is 3.36. The van der Waals surface area contributed by atoms with E-state index in [1.807, 2.05) is 20.0 Å². The molecule has 0 spiro atoms. The molecule has 2 aromatic rings. The first kappa shape index (κ1) is 21.0. The molecule has 0 saturated heterocycles. The van der Waals surface area contributed by atoms with Crippen LogP contribution < -0.4 is 15.4 Å². The van der Waals surface area contributed by atoms with Crippen LogP contribution in [0.2, 0.25) is 0 Å². The van der Waals surface area contributed by atoms with Gasteiger partial charge in [0.25, 0.3) is 0 Å². The summed E-state index contributed by atoms with van der Waals surface area (Å²) in [6.45, 7) is 1.82. The molecule has 0 unspecified atom stereocenters. The summed E-state index contributed by atoms with van der Waals surface area (Å²) in [7, 11) is 3.39. The van der Waals surface area contributed by atoms with Crippen LogP contribution in [-0.4, -0.2) is 31.4 Å². The van der Waals surface area contributed by atoms with Crippen molar-refractivity contribution in [2.45, 2.75) is 6.92 Å². The van der Waals surface area contributed by atoms with Crippen molar-refractivity contribution in [3.8, 4) is 11.8 Å². The van der Waals surface area contributed by atoms with Crippen molar-refractivity contribution in [1.29, 1.82) is 5.26 Å². The molecule has 0 bridgehead atoms. The van der Waals surface area contributed by atoms with Gasteiger partial charge in [0.15, 0.2) is 0 Å². The fourth-order valence-electron chi connectivity index (χ4n) is 2.48. The van der Waals surface area contributed by atoms with Crippen LogP contribution in [0.4, 0.5) is 16.2 Å². The zero-order chi connectivity index (χ0) is 20.5. The molecule has 0 aliphatic heterocycles. The maximum Gasteiger partial charge on any atom is 0.323 e. The van der Waals surface area contributed by atoms with Gasteiger partial charge in [-0.3, -0.25) is 5.01 Å². The molecule has 2 rings (SSSR count). The summed E-state index contributed by atoms with van der Waals surface area (Å²) in [6.07, 6.45) is 1.67. The van der Waals surface area contributed by atoms with Crippen LogP contribution in [0, 0.1) is 11.3 Å². The van der Waals surface area contributed by atoms with Gasteiger partial charge in [-0.05, 0) is 43.3 Å². The zero-order valence-electron chi connectivity index (χ0n) is 15.7. The summed E-state index contributed by atoms with van der Waals surface area (Å²) in [5.41, 5.74) is 3.07. The normalized spacial score (nSPS) is 11.0. The number of hydrazone groups is 1. The van der Waals surface area contributed by atoms with E-state index in [1.165, 1.54) is 0 Å². The number of carbonyl (C=O) groups excluding carboxylic acids is 1. The predicted molar refractivity (Wildman–Crippen MR) is 116 cm³/mol. The molecular formula is C20H20BrN5O2. The molecule has 0 aliphatic carbocycles. The molecule has 2 amide bonds. The van der Waals surface area contributed by atoms with Gasteiger partial charge in [0.05, 0.1) is 24.4 Å². The van der Waals surface area contributed by atoms with E-state index >= 15 is 0 Å². The fourth-order valence-corrected chi connectivity index (χ4v) is 3.03. The van der Waals surface area contributed by atoms with E-state index in [4.69, 9.17) is 10.00 Å². The number of hydrogen-bond acceptors (Lipinski definition) is 5. The lowest BCUT2D eigenvalue weighted by atomic mass is 10.1. The third kappa shape index (κ3) is 5.34. The second kappa shape index (κ2) is 10.1. The number of nitriles is 1. The maximum absolute atomic E-state index is 12.3. The molecule has 0 heterocycles. The number of carbonyl (C=O) groups is 1. The van der Waals surface area contributed by atoms with Crippen LogP contribution in [0.3, 0.4) is 0 Å². The van der Waals surface area contributed by atoms with E-state index < -0.39 is 6.03 Å². The molecule has 0 atom stereocenters. The number of benzene rings is 2. The van der Waals surface area contributed by atoms with E-state index in [0.29, 0.717) is 22.7 Å². The molecule has 2 N–H and O–H groups in total. The SMILES string of the molecule is C/C=N\N(C)/C(=C/Br)c1cc(NC(=O)Nc2cccc(C#N)c2)ccc1OC. The highest BCUT2D eigenvalue weighted by Crippen LogP contribution is 2.31. The summed E-state index contributed by atoms with van der Waals surface area (Å²) < 4.78 is 5.44. The van der Waals surface area contributed by atoms with E-state index in [1.54, 1.807) is 65.8 Å². The highest BCUT2D eigenvalue weighted by molar-refractivity contribution is 9.11. The highest BCUT2D eigenvalue weighted by atomic mass is 79.9. The van der Waals surface area contributed by atoms with Gasteiger partial charge < -0.3 is 15.4 Å². The Kier molecular flexibility index (Phi) is 7.60. The smallest absolute Gasteiger partial charge is 0.323 e. The van der Waals surface area contributed by atoms with Crippen molar-refractivity contribution in [3.63, 3.8) is 0 Å². The summed E-state index contributed by atoms with van der Waals surface area (Å²) in [4.78, 5) is 14.1. The lowest BCUT2D eigenvalue weighted by Crippen LogP contribution is -2.19. The Hall–Kier alpha value is -3.31. The van der Waals surface area contributed by atoms with Gasteiger partial charge >= 0.3 is 6.03 Å². The first-order valence-corrected chi connectivity index (χ1v) is 9.23. The molecule has 144 valence electrons. The number of methoxy groups -OCH3 is 1. The van der Waals surface area contributed by atoms with Gasteiger partial charge in [-0.1, -0.05) is 22.0 Å². The van der Waals surface area contributed by atoms with Gasteiger partial charge in [-0.25, -0.2) is 4.79 Å². The molecule has 0 fully saturated rings. The van der Waals surface area contributed by atoms with Crippen molar-refractivity contribution < 1.29 is 9.53 Å². The van der Waals surface area contributed by atoms with Crippen LogP contribution >= 0.6 is 15.9 Å². The Labute approximate surface area is 172 Å². The lowest BCUT2D eigenvalue weighted by molar-refractivity contribution is 0.262. The van der Waals surface area contributed by atoms with Gasteiger partial charge in [0.2, 0.25) is 0 Å². The van der Waals surface area contributed by atoms with Crippen molar-refractivity contribution in [3.05, 3.63) is 58.6 Å². The molecule has 28 heavy (non-hydrogen) atoms. The van der Waals surface area contributed by atoms with Gasteiger partial charge in [-0.2, -0.15) is 10.4 Å². The van der Waals surface area contributed by atoms with Gasteiger partial charge in [-0.15, -0.1) is 0 Å². The lowest BCUT2D eigenvalue weighted by Gasteiger charge is -2.20. The Morgan fingerprint density at radius 3 is 2.57 bits per heavy atom. The van der Waals surface area contributed by atoms with Crippen LogP contribution in [0.25, 0.3) is 5.70 Å². The van der Waals surface area contributed by atoms with Gasteiger partial charge in [0.1, 0.15) is 5.75 Å². The quantitative estimate of drug-likeness (QED) is 0.495. The third-order valence-electron chi connectivity index (χ3n) is 3.72. The highest BCUT2D eigenvalue weighted by Gasteiger charge is 2.14. The van der Waals surface area contributed by atoms with Crippen molar-refractivity contribution in [2.24, 2.45) is 5.10 Å². The number of nitrogens with one attached hydrogen (secondary N) is 2. The van der Waals surface area contributed by atoms with Crippen LogP contribution in [0.1, 0.15) is 18.1 Å². The summed E-state index contributed by atoms with van der Waals surface area (Å²) in [5, 5.41) is 20.4. The maximum atomic E-state index is 12.3. The Balaban J connectivity index is 2.24. The Morgan fingerprint density at radius 1 is 1.25 bits per heavy atom. The predicted octanol–water partition coefficient (Wildman–Crippen LogP) is 4.84. The number of rotatable bonds is 6. The number of nitrogens with zero attached hydrogens (tertiary/aromatic N) is 3. The number of urea groups is 1. The first-order valence-electron chi connectivity index (χ1n) is 8.31. The summed E-state index contributed by atoms with van der Waals surface area (Å²) in [5.74, 6) is 0.636. The molecule has 0 radical (unpaired) electrons. The van der Waals surface area contributed by atoms with Gasteiger partial charge in [0, 0.05) is 35.2 Å². The average molecular weight is 442 g/mol. The Bertz CT molecular complexity index is 950. The fraction of sp³-hybridized carbons (Fsp3) is 0.150. The summed E-state index contributed by atoms with van der Waals surface area (Å²) in [6, 6.07) is 13.6. The largest absolute Gasteiger partial charge is 0.496 e. The second-order valence-electron chi connectivity index (χ2n) is 5.58. The number of ether oxygens (including phenoxy) is 1. The minimum absolute atomic E-state index is 0.421. The topological polar surface area (TPSA) is 89.8 Å². The van der Waals surface area contributed by atoms with Crippen LogP contribution in [-0.2, 0) is 0 Å². The zero-order valence-corrected chi connectivity index (χ0v) is 17.3. The second-order valence-corrected chi connectivity index (χ2v) is 6.04. The molecule has 8 heteroatoms. The number of amides is 2. The van der Waals surface area contributed by atoms with E-state index in [9.17, 15) is 4.79 Å². The number of hydrogen-bond donors (Lipinski definition) is 2. The number of anilines is 2. The minimum Gasteiger partial charge on any atom is -0.496 e. The number of halogens is 1. The van der Waals surface area contributed by atoms with Crippen LogP contribution in [0.5, 0.6) is 5.75 Å². The minimum atomic E-state index is -0.421. The molecule has 0 aromatic heterocycles. The first-order chi connectivity index (χ1) is 13.5. The molecule has 2 aromatic carbocycles. The van der Waals surface area contributed by atoms with E-state index in [0.717, 1.165) is 11.3 Å². The molecule has 0 aliphatic rings. The van der Waals surface area contributed by atoms with E-state index in [-0.39, 0.29) is 0 Å². The average Bonchev–Trinajstić information content (AvgIpc) is 2.69. The molecular weight excluding hydrogens is 422 g/mol. The van der Waals surface area contributed by atoms with Crippen LogP contribution in [0.15, 0.2) is 52.6 Å². The monoisotopic (exact) mass is 441 g/mol. The van der Waals surface area contributed by atoms with Crippen molar-refractivity contribution in [2.75, 3.05) is 24.8 Å². The van der Waals surface area contributed by atoms with Crippen molar-refractivity contribution >= 4 is 45.2 Å². The van der Waals surface area contributed by atoms with Crippen molar-refractivity contribution in [1.82, 2.24) is 5.01 Å². The third-order valence-corrected chi connectivity index (χ3v) is 4.16.